The zero-order valence-corrected chi connectivity index (χ0v) is 14.7. The van der Waals surface area contributed by atoms with Gasteiger partial charge in [-0.05, 0) is 30.4 Å². The molecule has 144 valence electrons. The molecule has 1 aromatic heterocycles. The highest BCUT2D eigenvalue weighted by molar-refractivity contribution is 5.94. The predicted octanol–water partition coefficient (Wildman–Crippen LogP) is 3.93. The smallest absolute Gasteiger partial charge is 0.423 e. The molecule has 1 aliphatic carbocycles. The standard InChI is InChI=1S/C19H20F3N3O2/c1-12(14-7-8-14)18(26)25(23)17-16(19(20,21)22)15(9-10-24-17)27-11-13-5-3-2-4-6-13/h2-6,9-10,12,14H,7-8,11,23H2,1H3. The van der Waals surface area contributed by atoms with Crippen molar-refractivity contribution in [2.45, 2.75) is 32.5 Å². The molecule has 8 heteroatoms. The maximum Gasteiger partial charge on any atom is 0.423 e. The molecule has 0 bridgehead atoms. The first-order valence-corrected chi connectivity index (χ1v) is 8.60. The van der Waals surface area contributed by atoms with Crippen molar-refractivity contribution in [3.63, 3.8) is 0 Å². The van der Waals surface area contributed by atoms with Gasteiger partial charge in [0.2, 0.25) is 5.91 Å². The van der Waals surface area contributed by atoms with Crippen molar-refractivity contribution < 1.29 is 22.7 Å². The molecule has 1 aromatic carbocycles. The molecule has 1 unspecified atom stereocenters. The van der Waals surface area contributed by atoms with Crippen molar-refractivity contribution in [3.05, 3.63) is 53.7 Å². The topological polar surface area (TPSA) is 68.5 Å². The van der Waals surface area contributed by atoms with E-state index in [0.29, 0.717) is 10.6 Å². The molecule has 1 heterocycles. The van der Waals surface area contributed by atoms with Crippen molar-refractivity contribution in [1.29, 1.82) is 0 Å². The number of ether oxygens (including phenoxy) is 1. The summed E-state index contributed by atoms with van der Waals surface area (Å²) in [5, 5.41) is 0.501. The van der Waals surface area contributed by atoms with Gasteiger partial charge in [0.25, 0.3) is 0 Å². The van der Waals surface area contributed by atoms with Gasteiger partial charge in [-0.25, -0.2) is 15.8 Å². The lowest BCUT2D eigenvalue weighted by Gasteiger charge is -2.24. The van der Waals surface area contributed by atoms with Crippen LogP contribution in [0.5, 0.6) is 5.75 Å². The van der Waals surface area contributed by atoms with E-state index in [1.54, 1.807) is 37.3 Å². The number of carbonyl (C=O) groups excluding carboxylic acids is 1. The van der Waals surface area contributed by atoms with Crippen LogP contribution in [0, 0.1) is 11.8 Å². The number of benzene rings is 1. The van der Waals surface area contributed by atoms with E-state index in [9.17, 15) is 18.0 Å². The van der Waals surface area contributed by atoms with Gasteiger partial charge in [-0.15, -0.1) is 0 Å². The molecule has 1 atom stereocenters. The fourth-order valence-corrected chi connectivity index (χ4v) is 2.86. The highest BCUT2D eigenvalue weighted by atomic mass is 19.4. The minimum Gasteiger partial charge on any atom is -0.488 e. The second-order valence-electron chi connectivity index (χ2n) is 6.61. The average molecular weight is 379 g/mol. The lowest BCUT2D eigenvalue weighted by molar-refractivity contribution is -0.138. The number of hydrazine groups is 1. The molecule has 0 radical (unpaired) electrons. The third-order valence-corrected chi connectivity index (χ3v) is 4.60. The Morgan fingerprint density at radius 1 is 1.30 bits per heavy atom. The Balaban J connectivity index is 1.90. The van der Waals surface area contributed by atoms with Crippen LogP contribution in [-0.4, -0.2) is 10.9 Å². The number of alkyl halides is 3. The van der Waals surface area contributed by atoms with Crippen molar-refractivity contribution in [2.24, 2.45) is 17.7 Å². The summed E-state index contributed by atoms with van der Waals surface area (Å²) in [6.07, 6.45) is -1.88. The molecule has 0 saturated heterocycles. The first kappa shape index (κ1) is 19.2. The summed E-state index contributed by atoms with van der Waals surface area (Å²) in [4.78, 5) is 16.2. The monoisotopic (exact) mass is 379 g/mol. The number of carbonyl (C=O) groups is 1. The van der Waals surface area contributed by atoms with E-state index in [2.05, 4.69) is 4.98 Å². The lowest BCUT2D eigenvalue weighted by atomic mass is 10.1. The molecule has 1 amide bonds. The Labute approximate surface area is 154 Å². The van der Waals surface area contributed by atoms with Gasteiger partial charge in [0, 0.05) is 12.1 Å². The Hall–Kier alpha value is -2.61. The molecule has 5 nitrogen and oxygen atoms in total. The summed E-state index contributed by atoms with van der Waals surface area (Å²) in [5.74, 6) is 3.80. The maximum absolute atomic E-state index is 13.7. The van der Waals surface area contributed by atoms with Crippen LogP contribution < -0.4 is 15.6 Å². The molecule has 0 spiro atoms. The number of anilines is 1. The van der Waals surface area contributed by atoms with E-state index in [0.717, 1.165) is 25.1 Å². The lowest BCUT2D eigenvalue weighted by Crippen LogP contribution is -2.43. The van der Waals surface area contributed by atoms with Gasteiger partial charge in [-0.2, -0.15) is 13.2 Å². The largest absolute Gasteiger partial charge is 0.488 e. The summed E-state index contributed by atoms with van der Waals surface area (Å²) in [6.45, 7) is 1.62. The number of hydrogen-bond acceptors (Lipinski definition) is 4. The summed E-state index contributed by atoms with van der Waals surface area (Å²) in [6, 6.07) is 9.94. The third-order valence-electron chi connectivity index (χ3n) is 4.60. The minimum atomic E-state index is -4.78. The van der Waals surface area contributed by atoms with Crippen LogP contribution >= 0.6 is 0 Å². The third kappa shape index (κ3) is 4.39. The normalized spacial score (nSPS) is 15.3. The molecule has 2 aromatic rings. The first-order valence-electron chi connectivity index (χ1n) is 8.60. The number of nitrogens with zero attached hydrogens (tertiary/aromatic N) is 2. The van der Waals surface area contributed by atoms with E-state index >= 15 is 0 Å². The van der Waals surface area contributed by atoms with Crippen LogP contribution in [0.3, 0.4) is 0 Å². The molecule has 1 aliphatic rings. The average Bonchev–Trinajstić information content (AvgIpc) is 3.49. The number of nitrogens with two attached hydrogens (primary N) is 1. The second kappa shape index (κ2) is 7.56. The van der Waals surface area contributed by atoms with Gasteiger partial charge in [-0.1, -0.05) is 37.3 Å². The van der Waals surface area contributed by atoms with Crippen molar-refractivity contribution in [1.82, 2.24) is 4.98 Å². The Morgan fingerprint density at radius 2 is 1.96 bits per heavy atom. The molecule has 1 saturated carbocycles. The quantitative estimate of drug-likeness (QED) is 0.469. The summed E-state index contributed by atoms with van der Waals surface area (Å²) >= 11 is 0. The van der Waals surface area contributed by atoms with Gasteiger partial charge in [-0.3, -0.25) is 4.79 Å². The minimum absolute atomic E-state index is 0.0512. The molecule has 3 rings (SSSR count). The van der Waals surface area contributed by atoms with E-state index in [4.69, 9.17) is 10.6 Å². The van der Waals surface area contributed by atoms with Crippen molar-refractivity contribution >= 4 is 11.7 Å². The van der Waals surface area contributed by atoms with Gasteiger partial charge in [0.1, 0.15) is 17.9 Å². The highest BCUT2D eigenvalue weighted by Gasteiger charge is 2.42. The summed E-state index contributed by atoms with van der Waals surface area (Å²) in [7, 11) is 0. The summed E-state index contributed by atoms with van der Waals surface area (Å²) < 4.78 is 46.5. The van der Waals surface area contributed by atoms with E-state index in [-0.39, 0.29) is 12.5 Å². The van der Waals surface area contributed by atoms with Crippen molar-refractivity contribution in [3.8, 4) is 5.75 Å². The van der Waals surface area contributed by atoms with Crippen molar-refractivity contribution in [2.75, 3.05) is 5.01 Å². The fraction of sp³-hybridized carbons (Fsp3) is 0.368. The van der Waals surface area contributed by atoms with Crippen LogP contribution in [0.25, 0.3) is 0 Å². The van der Waals surface area contributed by atoms with Gasteiger partial charge >= 0.3 is 6.18 Å². The summed E-state index contributed by atoms with van der Waals surface area (Å²) in [5.41, 5.74) is -0.438. The van der Waals surface area contributed by atoms with Crippen LogP contribution in [0.2, 0.25) is 0 Å². The van der Waals surface area contributed by atoms with Crippen LogP contribution in [0.4, 0.5) is 19.0 Å². The van der Waals surface area contributed by atoms with Crippen LogP contribution in [0.1, 0.15) is 30.9 Å². The van der Waals surface area contributed by atoms with Crippen LogP contribution in [-0.2, 0) is 17.6 Å². The molecule has 0 aliphatic heterocycles. The Bertz CT molecular complexity index is 808. The van der Waals surface area contributed by atoms with Gasteiger partial charge in [0.15, 0.2) is 5.82 Å². The molecular formula is C19H20F3N3O2. The zero-order chi connectivity index (χ0) is 19.6. The highest BCUT2D eigenvalue weighted by Crippen LogP contribution is 2.43. The molecule has 1 fully saturated rings. The zero-order valence-electron chi connectivity index (χ0n) is 14.7. The van der Waals surface area contributed by atoms with E-state index in [1.165, 1.54) is 0 Å². The number of pyridine rings is 1. The predicted molar refractivity (Wildman–Crippen MR) is 93.6 cm³/mol. The maximum atomic E-state index is 13.7. The molecule has 27 heavy (non-hydrogen) atoms. The number of amides is 1. The van der Waals surface area contributed by atoms with Crippen LogP contribution in [0.15, 0.2) is 42.6 Å². The fourth-order valence-electron chi connectivity index (χ4n) is 2.86. The second-order valence-corrected chi connectivity index (χ2v) is 6.61. The number of halogens is 3. The Morgan fingerprint density at radius 3 is 2.56 bits per heavy atom. The molecule has 2 N–H and O–H groups in total. The number of rotatable bonds is 6. The SMILES string of the molecule is CC(C(=O)N(N)c1nccc(OCc2ccccc2)c1C(F)(F)F)C1CC1. The number of hydrogen-bond donors (Lipinski definition) is 1. The first-order chi connectivity index (χ1) is 12.8. The number of aromatic nitrogens is 1. The van der Waals surface area contributed by atoms with E-state index < -0.39 is 35.1 Å². The van der Waals surface area contributed by atoms with Gasteiger partial charge in [0.05, 0.1) is 0 Å². The van der Waals surface area contributed by atoms with E-state index in [1.807, 2.05) is 0 Å². The van der Waals surface area contributed by atoms with Gasteiger partial charge < -0.3 is 4.74 Å². The Kier molecular flexibility index (Phi) is 5.36. The molecular weight excluding hydrogens is 359 g/mol.